The van der Waals surface area contributed by atoms with Crippen molar-refractivity contribution in [3.8, 4) is 0 Å². The molecule has 4 bridgehead atoms. The van der Waals surface area contributed by atoms with E-state index in [2.05, 4.69) is 0 Å². The Hall–Kier alpha value is -3.34. The second-order valence-electron chi connectivity index (χ2n) is 11.5. The summed E-state index contributed by atoms with van der Waals surface area (Å²) in [6, 6.07) is 26.3. The quantitative estimate of drug-likeness (QED) is 0.252. The third-order valence-corrected chi connectivity index (χ3v) is 9.34. The Kier molecular flexibility index (Phi) is 6.01. The van der Waals surface area contributed by atoms with Crippen LogP contribution in [0.5, 0.6) is 0 Å². The number of rotatable bonds is 7. The molecule has 0 spiro atoms. The van der Waals surface area contributed by atoms with Gasteiger partial charge >= 0.3 is 11.9 Å². The van der Waals surface area contributed by atoms with Gasteiger partial charge in [0.15, 0.2) is 6.10 Å². The van der Waals surface area contributed by atoms with Crippen molar-refractivity contribution in [1.29, 1.82) is 0 Å². The number of halogens is 2. The molecule has 0 aliphatic heterocycles. The van der Waals surface area contributed by atoms with Crippen LogP contribution in [0.4, 0.5) is 8.78 Å². The van der Waals surface area contributed by atoms with Crippen LogP contribution in [0.3, 0.4) is 0 Å². The highest BCUT2D eigenvalue weighted by molar-refractivity contribution is 5.89. The van der Waals surface area contributed by atoms with E-state index >= 15 is 8.78 Å². The molecule has 4 saturated carbocycles. The third-order valence-electron chi connectivity index (χ3n) is 9.34. The van der Waals surface area contributed by atoms with Crippen LogP contribution in [-0.2, 0) is 19.7 Å². The Morgan fingerprint density at radius 1 is 0.789 bits per heavy atom. The summed E-state index contributed by atoms with van der Waals surface area (Å²) in [6.07, 6.45) is 1.41. The van der Waals surface area contributed by atoms with Gasteiger partial charge in [-0.05, 0) is 61.6 Å². The summed E-state index contributed by atoms with van der Waals surface area (Å²) < 4.78 is 40.3. The number of ketones is 1. The Morgan fingerprint density at radius 3 is 1.63 bits per heavy atom. The van der Waals surface area contributed by atoms with E-state index in [0.717, 1.165) is 12.8 Å². The summed E-state index contributed by atoms with van der Waals surface area (Å²) in [6.45, 7) is 1.31. The van der Waals surface area contributed by atoms with Crippen LogP contribution in [0.2, 0.25) is 0 Å². The van der Waals surface area contributed by atoms with Crippen LogP contribution in [0.1, 0.15) is 55.7 Å². The summed E-state index contributed by atoms with van der Waals surface area (Å²) in [5.41, 5.74) is -1.46. The lowest BCUT2D eigenvalue weighted by atomic mass is 9.49. The molecule has 0 amide bonds. The van der Waals surface area contributed by atoms with E-state index < -0.39 is 28.8 Å². The standard InChI is InChI=1S/C33H32F2O3/c1-22(38-30(37)31-19-23-17-24(20-31)29(36)25(18-23)21-31)33(34,35)32(26-11-5-2-6-12-26,27-13-7-3-8-14-27)28-15-9-4-10-16-28/h2-16,22-25H,17-21H2,1H3. The maximum Gasteiger partial charge on any atom is 0.312 e. The van der Waals surface area contributed by atoms with Crippen LogP contribution < -0.4 is 0 Å². The Labute approximate surface area is 222 Å². The molecule has 3 aromatic carbocycles. The second kappa shape index (κ2) is 9.14. The molecular weight excluding hydrogens is 482 g/mol. The molecule has 3 unspecified atom stereocenters. The predicted octanol–water partition coefficient (Wildman–Crippen LogP) is 6.98. The number of Topliss-reactive ketones (excluding diaryl/α,β-unsaturated/α-hetero) is 1. The lowest BCUT2D eigenvalue weighted by molar-refractivity contribution is -0.200. The lowest BCUT2D eigenvalue weighted by Crippen LogP contribution is -2.58. The molecule has 196 valence electrons. The number of esters is 1. The van der Waals surface area contributed by atoms with E-state index in [0.29, 0.717) is 41.9 Å². The number of carbonyl (C=O) groups excluding carboxylic acids is 2. The molecule has 4 fully saturated rings. The van der Waals surface area contributed by atoms with Crippen LogP contribution >= 0.6 is 0 Å². The van der Waals surface area contributed by atoms with Crippen molar-refractivity contribution >= 4 is 11.8 Å². The fourth-order valence-electron chi connectivity index (χ4n) is 7.80. The Balaban J connectivity index is 1.43. The van der Waals surface area contributed by atoms with Crippen LogP contribution in [0, 0.1) is 23.2 Å². The average molecular weight is 515 g/mol. The van der Waals surface area contributed by atoms with Crippen LogP contribution in [0.15, 0.2) is 91.0 Å². The van der Waals surface area contributed by atoms with Crippen molar-refractivity contribution in [2.45, 2.75) is 56.5 Å². The summed E-state index contributed by atoms with van der Waals surface area (Å²) in [7, 11) is 0. The van der Waals surface area contributed by atoms with E-state index in [9.17, 15) is 9.59 Å². The summed E-state index contributed by atoms with van der Waals surface area (Å²) in [4.78, 5) is 26.4. The first-order chi connectivity index (χ1) is 18.3. The van der Waals surface area contributed by atoms with E-state index in [-0.39, 0.29) is 17.6 Å². The summed E-state index contributed by atoms with van der Waals surface area (Å²) in [5, 5.41) is 0. The minimum Gasteiger partial charge on any atom is -0.456 e. The minimum atomic E-state index is -3.51. The van der Waals surface area contributed by atoms with Gasteiger partial charge in [-0.2, -0.15) is 0 Å². The summed E-state index contributed by atoms with van der Waals surface area (Å²) >= 11 is 0. The lowest BCUT2D eigenvalue weighted by Gasteiger charge is -2.54. The van der Waals surface area contributed by atoms with Crippen LogP contribution in [-0.4, -0.2) is 23.8 Å². The number of ether oxygens (including phenoxy) is 1. The van der Waals surface area contributed by atoms with E-state index in [1.54, 1.807) is 91.0 Å². The van der Waals surface area contributed by atoms with E-state index in [1.807, 2.05) is 0 Å². The minimum absolute atomic E-state index is 0.137. The van der Waals surface area contributed by atoms with Crippen LogP contribution in [0.25, 0.3) is 0 Å². The third kappa shape index (κ3) is 3.65. The maximum atomic E-state index is 17.3. The highest BCUT2D eigenvalue weighted by Crippen LogP contribution is 2.60. The second-order valence-corrected chi connectivity index (χ2v) is 11.5. The molecule has 3 aromatic rings. The molecule has 4 aliphatic rings. The van der Waals surface area contributed by atoms with Gasteiger partial charge in [0.05, 0.1) is 5.41 Å². The molecule has 38 heavy (non-hydrogen) atoms. The zero-order valence-corrected chi connectivity index (χ0v) is 21.5. The highest BCUT2D eigenvalue weighted by Gasteiger charge is 2.63. The first-order valence-electron chi connectivity index (χ1n) is 13.6. The zero-order chi connectivity index (χ0) is 26.5. The number of alkyl halides is 2. The number of benzene rings is 3. The van der Waals surface area contributed by atoms with Gasteiger partial charge in [0.1, 0.15) is 11.2 Å². The van der Waals surface area contributed by atoms with Gasteiger partial charge in [-0.1, -0.05) is 91.0 Å². The van der Waals surface area contributed by atoms with Crippen molar-refractivity contribution in [3.05, 3.63) is 108 Å². The van der Waals surface area contributed by atoms with Gasteiger partial charge < -0.3 is 4.74 Å². The molecule has 3 nitrogen and oxygen atoms in total. The highest BCUT2D eigenvalue weighted by atomic mass is 19.3. The molecule has 0 saturated heterocycles. The SMILES string of the molecule is CC(OC(=O)C12CC3CC(C1)C(=O)C(C3)C2)C(F)(F)C(c1ccccc1)(c1ccccc1)c1ccccc1. The van der Waals surface area contributed by atoms with Crippen molar-refractivity contribution in [1.82, 2.24) is 0 Å². The first kappa shape index (κ1) is 25.0. The predicted molar refractivity (Wildman–Crippen MR) is 141 cm³/mol. The molecule has 3 atom stereocenters. The van der Waals surface area contributed by atoms with Gasteiger partial charge in [-0.3, -0.25) is 9.59 Å². The zero-order valence-electron chi connectivity index (χ0n) is 21.5. The molecule has 0 radical (unpaired) electrons. The van der Waals surface area contributed by atoms with Gasteiger partial charge in [-0.15, -0.1) is 0 Å². The van der Waals surface area contributed by atoms with Crippen molar-refractivity contribution in [3.63, 3.8) is 0 Å². The molecule has 0 N–H and O–H groups in total. The molecule has 0 aromatic heterocycles. The van der Waals surface area contributed by atoms with Crippen molar-refractivity contribution in [2.75, 3.05) is 0 Å². The maximum absolute atomic E-state index is 17.3. The number of carbonyl (C=O) groups is 2. The fraction of sp³-hybridized carbons (Fsp3) is 0.394. The first-order valence-corrected chi connectivity index (χ1v) is 13.6. The Morgan fingerprint density at radius 2 is 1.21 bits per heavy atom. The van der Waals surface area contributed by atoms with E-state index in [4.69, 9.17) is 4.74 Å². The topological polar surface area (TPSA) is 43.4 Å². The van der Waals surface area contributed by atoms with Gasteiger partial charge in [0.2, 0.25) is 0 Å². The molecular formula is C33H32F2O3. The normalized spacial score (nSPS) is 27.2. The largest absolute Gasteiger partial charge is 0.456 e. The number of hydrogen-bond acceptors (Lipinski definition) is 3. The molecule has 5 heteroatoms. The van der Waals surface area contributed by atoms with Gasteiger partial charge in [-0.25, -0.2) is 8.78 Å². The van der Waals surface area contributed by atoms with Gasteiger partial charge in [0.25, 0.3) is 0 Å². The van der Waals surface area contributed by atoms with Crippen molar-refractivity contribution < 1.29 is 23.1 Å². The Bertz CT molecular complexity index is 1210. The van der Waals surface area contributed by atoms with E-state index in [1.165, 1.54) is 6.92 Å². The monoisotopic (exact) mass is 514 g/mol. The van der Waals surface area contributed by atoms with Gasteiger partial charge in [0, 0.05) is 11.8 Å². The number of hydrogen-bond donors (Lipinski definition) is 0. The smallest absolute Gasteiger partial charge is 0.312 e. The molecule has 7 rings (SSSR count). The average Bonchev–Trinajstić information content (AvgIpc) is 2.93. The fourth-order valence-corrected chi connectivity index (χ4v) is 7.80. The molecule has 4 aliphatic carbocycles. The summed E-state index contributed by atoms with van der Waals surface area (Å²) in [5.74, 6) is -3.81. The van der Waals surface area contributed by atoms with Crippen molar-refractivity contribution in [2.24, 2.45) is 23.2 Å². The molecule has 0 heterocycles.